The van der Waals surface area contributed by atoms with Crippen molar-refractivity contribution in [2.45, 2.75) is 143 Å². The van der Waals surface area contributed by atoms with E-state index in [-0.39, 0.29) is 66.0 Å². The monoisotopic (exact) mass is 649 g/mol. The molecule has 262 valence electrons. The molecule has 4 aliphatic rings. The van der Waals surface area contributed by atoms with Gasteiger partial charge in [0, 0.05) is 31.9 Å². The van der Waals surface area contributed by atoms with E-state index >= 15 is 0 Å². The standard InChI is InChI=1S/C33H60BN5O7/c1-7-8-9-10-11-12-17-44-18-15-26(40)20-24(14-13-16-36-31(35)38-39(42)43)30(41)37-29(19-23(2)3)34-45-28-22-25-21-27(32(25,4)5)33(28,6)46-34/h23-25,27-29H,7-22H2,1-6H3,(H,37,41)(H3,35,36,38)/t24-,25+,27+,28-,29+,33+/m1/s1. The number of rotatable bonds is 22. The summed E-state index contributed by atoms with van der Waals surface area (Å²) < 4.78 is 19.0. The summed E-state index contributed by atoms with van der Waals surface area (Å²) in [5, 5.41) is 13.1. The highest BCUT2D eigenvalue weighted by atomic mass is 16.7. The summed E-state index contributed by atoms with van der Waals surface area (Å²) in [6.07, 6.45) is 11.0. The Morgan fingerprint density at radius 1 is 1.11 bits per heavy atom. The Morgan fingerprint density at radius 2 is 1.83 bits per heavy atom. The molecule has 46 heavy (non-hydrogen) atoms. The van der Waals surface area contributed by atoms with Gasteiger partial charge >= 0.3 is 7.12 Å². The van der Waals surface area contributed by atoms with Gasteiger partial charge in [-0.15, -0.1) is 0 Å². The van der Waals surface area contributed by atoms with Crippen molar-refractivity contribution < 1.29 is 28.7 Å². The molecule has 0 aromatic carbocycles. The van der Waals surface area contributed by atoms with E-state index < -0.39 is 18.1 Å². The van der Waals surface area contributed by atoms with E-state index in [1.807, 2.05) is 5.43 Å². The molecule has 3 saturated carbocycles. The summed E-state index contributed by atoms with van der Waals surface area (Å²) in [4.78, 5) is 41.4. The van der Waals surface area contributed by atoms with Gasteiger partial charge in [-0.1, -0.05) is 72.1 Å². The Kier molecular flexibility index (Phi) is 14.8. The van der Waals surface area contributed by atoms with E-state index in [1.165, 1.54) is 25.7 Å². The topological polar surface area (TPSA) is 167 Å². The predicted octanol–water partition coefficient (Wildman–Crippen LogP) is 5.00. The van der Waals surface area contributed by atoms with E-state index in [0.717, 1.165) is 25.7 Å². The van der Waals surface area contributed by atoms with E-state index in [9.17, 15) is 19.7 Å². The number of carbonyl (C=O) groups is 2. The molecule has 0 radical (unpaired) electrons. The molecule has 13 heteroatoms. The van der Waals surface area contributed by atoms with Crippen LogP contribution in [0.3, 0.4) is 0 Å². The molecule has 6 atom stereocenters. The van der Waals surface area contributed by atoms with Crippen LogP contribution < -0.4 is 16.5 Å². The first kappa shape index (κ1) is 38.2. The molecule has 0 spiro atoms. The molecule has 1 amide bonds. The number of amides is 1. The van der Waals surface area contributed by atoms with Gasteiger partial charge in [-0.3, -0.25) is 9.59 Å². The number of carbonyl (C=O) groups excluding carboxylic acids is 2. The largest absolute Gasteiger partial charge is 0.481 e. The first-order valence-corrected chi connectivity index (χ1v) is 17.7. The molecule has 0 aromatic rings. The van der Waals surface area contributed by atoms with Crippen LogP contribution >= 0.6 is 0 Å². The number of hydrazine groups is 1. The second-order valence-corrected chi connectivity index (χ2v) is 14.9. The summed E-state index contributed by atoms with van der Waals surface area (Å²) in [5.74, 6) is -0.173. The van der Waals surface area contributed by atoms with Crippen LogP contribution in [0.25, 0.3) is 0 Å². The second-order valence-electron chi connectivity index (χ2n) is 14.9. The molecule has 4 fully saturated rings. The minimum absolute atomic E-state index is 0.00523. The quantitative estimate of drug-likeness (QED) is 0.0365. The van der Waals surface area contributed by atoms with Crippen molar-refractivity contribution in [1.82, 2.24) is 10.7 Å². The van der Waals surface area contributed by atoms with Crippen LogP contribution in [0.15, 0.2) is 4.99 Å². The van der Waals surface area contributed by atoms with Gasteiger partial charge in [0.1, 0.15) is 5.78 Å². The zero-order valence-corrected chi connectivity index (χ0v) is 29.2. The van der Waals surface area contributed by atoms with Gasteiger partial charge < -0.3 is 25.1 Å². The molecule has 4 rings (SSSR count). The number of nitrogens with zero attached hydrogens (tertiary/aromatic N) is 2. The lowest BCUT2D eigenvalue weighted by Crippen LogP contribution is -2.65. The van der Waals surface area contributed by atoms with Gasteiger partial charge in [0.2, 0.25) is 5.91 Å². The molecule has 1 saturated heterocycles. The summed E-state index contributed by atoms with van der Waals surface area (Å²) in [5.41, 5.74) is 7.20. The average molecular weight is 650 g/mol. The lowest BCUT2D eigenvalue weighted by Gasteiger charge is -2.64. The minimum Gasteiger partial charge on any atom is -0.404 e. The van der Waals surface area contributed by atoms with Crippen LogP contribution in [-0.2, 0) is 23.6 Å². The number of guanidine groups is 1. The van der Waals surface area contributed by atoms with Crippen LogP contribution in [0.1, 0.15) is 125 Å². The molecular weight excluding hydrogens is 589 g/mol. The lowest BCUT2D eigenvalue weighted by molar-refractivity contribution is -0.525. The lowest BCUT2D eigenvalue weighted by atomic mass is 9.43. The zero-order valence-electron chi connectivity index (χ0n) is 29.2. The number of nitro groups is 1. The molecular formula is C33H60BN5O7. The molecule has 1 aliphatic heterocycles. The Hall–Kier alpha value is -2.25. The number of hydrogen-bond donors (Lipinski definition) is 3. The van der Waals surface area contributed by atoms with Crippen molar-refractivity contribution in [2.24, 2.45) is 39.8 Å². The number of nitrogens with one attached hydrogen (secondary N) is 2. The Balaban J connectivity index is 1.59. The highest BCUT2D eigenvalue weighted by molar-refractivity contribution is 6.47. The maximum atomic E-state index is 13.8. The molecule has 4 N–H and O–H groups in total. The molecule has 12 nitrogen and oxygen atoms in total. The smallest absolute Gasteiger partial charge is 0.404 e. The van der Waals surface area contributed by atoms with Crippen LogP contribution in [0, 0.1) is 39.2 Å². The summed E-state index contributed by atoms with van der Waals surface area (Å²) in [7, 11) is -0.555. The highest BCUT2D eigenvalue weighted by Gasteiger charge is 2.68. The molecule has 2 bridgehead atoms. The van der Waals surface area contributed by atoms with Crippen LogP contribution in [0.4, 0.5) is 0 Å². The fraction of sp³-hybridized carbons (Fsp3) is 0.909. The van der Waals surface area contributed by atoms with Crippen molar-refractivity contribution in [3.63, 3.8) is 0 Å². The third-order valence-electron chi connectivity index (χ3n) is 10.6. The van der Waals surface area contributed by atoms with Crippen molar-refractivity contribution in [3.8, 4) is 0 Å². The van der Waals surface area contributed by atoms with E-state index in [1.54, 1.807) is 0 Å². The average Bonchev–Trinajstić information content (AvgIpc) is 3.34. The van der Waals surface area contributed by atoms with Crippen LogP contribution in [-0.4, -0.2) is 67.2 Å². The number of ketones is 1. The number of aliphatic imine (C=N–C) groups is 1. The third kappa shape index (κ3) is 10.6. The number of nitrogens with two attached hydrogens (primary N) is 1. The fourth-order valence-corrected chi connectivity index (χ4v) is 7.76. The number of ether oxygens (including phenoxy) is 1. The first-order chi connectivity index (χ1) is 21.8. The van der Waals surface area contributed by atoms with E-state index in [2.05, 4.69) is 51.9 Å². The summed E-state index contributed by atoms with van der Waals surface area (Å²) in [6, 6.07) is 0. The van der Waals surface area contributed by atoms with Crippen LogP contribution in [0.2, 0.25) is 0 Å². The van der Waals surface area contributed by atoms with E-state index in [0.29, 0.717) is 44.3 Å². The van der Waals surface area contributed by atoms with Gasteiger partial charge in [-0.05, 0) is 68.6 Å². The maximum absolute atomic E-state index is 13.8. The first-order valence-electron chi connectivity index (χ1n) is 17.7. The van der Waals surface area contributed by atoms with Crippen molar-refractivity contribution in [3.05, 3.63) is 10.1 Å². The number of Topliss-reactive ketones (excluding diaryl/α,β-unsaturated/α-hetero) is 1. The molecule has 1 heterocycles. The molecule has 0 unspecified atom stereocenters. The van der Waals surface area contributed by atoms with E-state index in [4.69, 9.17) is 19.8 Å². The SMILES string of the molecule is CCCCCCCCOCCC(=O)C[C@@H](CCCN=C(N)N[N+](=O)[O-])C(=O)N[C@@H](CC(C)C)B1O[C@@H]2C[C@@H]3C[C@@H](C3(C)C)[C@]2(C)O1. The summed E-state index contributed by atoms with van der Waals surface area (Å²) >= 11 is 0. The number of unbranched alkanes of at least 4 members (excludes halogenated alkanes) is 5. The van der Waals surface area contributed by atoms with Gasteiger partial charge in [0.05, 0.1) is 24.3 Å². The van der Waals surface area contributed by atoms with Gasteiger partial charge in [0.25, 0.3) is 5.96 Å². The highest BCUT2D eigenvalue weighted by Crippen LogP contribution is 2.65. The third-order valence-corrected chi connectivity index (χ3v) is 10.6. The Morgan fingerprint density at radius 3 is 2.50 bits per heavy atom. The molecule has 0 aromatic heterocycles. The maximum Gasteiger partial charge on any atom is 0.481 e. The summed E-state index contributed by atoms with van der Waals surface area (Å²) in [6.45, 7) is 14.4. The van der Waals surface area contributed by atoms with Gasteiger partial charge in [-0.2, -0.15) is 0 Å². The van der Waals surface area contributed by atoms with Crippen LogP contribution in [0.5, 0.6) is 0 Å². The normalized spacial score (nSPS) is 26.3. The van der Waals surface area contributed by atoms with Crippen molar-refractivity contribution >= 4 is 24.8 Å². The minimum atomic E-state index is -0.773. The second kappa shape index (κ2) is 17.8. The predicted molar refractivity (Wildman–Crippen MR) is 179 cm³/mol. The van der Waals surface area contributed by atoms with Gasteiger partial charge in [0.15, 0.2) is 5.03 Å². The Labute approximate surface area is 276 Å². The Bertz CT molecular complexity index is 1040. The van der Waals surface area contributed by atoms with Crippen molar-refractivity contribution in [2.75, 3.05) is 19.8 Å². The number of hydrogen-bond acceptors (Lipinski definition) is 8. The van der Waals surface area contributed by atoms with Crippen molar-refractivity contribution in [1.29, 1.82) is 0 Å². The zero-order chi connectivity index (χ0) is 33.9. The fourth-order valence-electron chi connectivity index (χ4n) is 7.76. The van der Waals surface area contributed by atoms with Gasteiger partial charge in [-0.25, -0.2) is 15.1 Å². The molecule has 3 aliphatic carbocycles.